The maximum atomic E-state index is 12.7. The minimum Gasteiger partial charge on any atom is -0.504 e. The van der Waals surface area contributed by atoms with Gasteiger partial charge >= 0.3 is 0 Å². The Morgan fingerprint density at radius 3 is 2.33 bits per heavy atom. The Morgan fingerprint density at radius 2 is 1.72 bits per heavy atom. The summed E-state index contributed by atoms with van der Waals surface area (Å²) in [4.78, 5) is 15.0. The molecule has 0 aliphatic heterocycles. The van der Waals surface area contributed by atoms with E-state index in [2.05, 4.69) is 4.98 Å². The molecule has 0 aliphatic carbocycles. The fourth-order valence-corrected chi connectivity index (χ4v) is 1.27. The van der Waals surface area contributed by atoms with Gasteiger partial charge in [-0.05, 0) is 36.4 Å². The van der Waals surface area contributed by atoms with Crippen molar-refractivity contribution in [1.29, 1.82) is 0 Å². The SMILES string of the molecule is CC.O=c1ccc(-c2ccc(F)cn2)ccc1O. The number of nitrogens with zero attached hydrogens (tertiary/aromatic N) is 1. The molecule has 0 spiro atoms. The van der Waals surface area contributed by atoms with E-state index in [-0.39, 0.29) is 5.75 Å². The van der Waals surface area contributed by atoms with Crippen LogP contribution < -0.4 is 5.43 Å². The van der Waals surface area contributed by atoms with Gasteiger partial charge in [0.2, 0.25) is 5.43 Å². The van der Waals surface area contributed by atoms with Gasteiger partial charge in [-0.15, -0.1) is 0 Å². The smallest absolute Gasteiger partial charge is 0.220 e. The van der Waals surface area contributed by atoms with Gasteiger partial charge in [0.15, 0.2) is 5.75 Å². The van der Waals surface area contributed by atoms with E-state index < -0.39 is 11.2 Å². The maximum absolute atomic E-state index is 12.7. The van der Waals surface area contributed by atoms with Crippen molar-refractivity contribution < 1.29 is 9.50 Å². The Kier molecular flexibility index (Phi) is 4.99. The van der Waals surface area contributed by atoms with Crippen LogP contribution in [0.15, 0.2) is 47.4 Å². The van der Waals surface area contributed by atoms with Crippen molar-refractivity contribution in [2.45, 2.75) is 13.8 Å². The van der Waals surface area contributed by atoms with Crippen molar-refractivity contribution in [3.05, 3.63) is 58.6 Å². The van der Waals surface area contributed by atoms with Crippen LogP contribution in [0.4, 0.5) is 4.39 Å². The first-order valence-corrected chi connectivity index (χ1v) is 5.62. The molecule has 18 heavy (non-hydrogen) atoms. The summed E-state index contributed by atoms with van der Waals surface area (Å²) in [7, 11) is 0. The molecule has 1 aromatic carbocycles. The lowest BCUT2D eigenvalue weighted by atomic mass is 10.2. The molecule has 0 saturated heterocycles. The zero-order valence-electron chi connectivity index (χ0n) is 10.2. The summed E-state index contributed by atoms with van der Waals surface area (Å²) < 4.78 is 12.7. The van der Waals surface area contributed by atoms with Crippen LogP contribution in [-0.2, 0) is 0 Å². The van der Waals surface area contributed by atoms with Gasteiger partial charge in [-0.1, -0.05) is 13.8 Å². The molecule has 0 radical (unpaired) electrons. The second-order valence-corrected chi connectivity index (χ2v) is 3.23. The Morgan fingerprint density at radius 1 is 1.06 bits per heavy atom. The average molecular weight is 247 g/mol. The highest BCUT2D eigenvalue weighted by atomic mass is 19.1. The number of halogens is 1. The van der Waals surface area contributed by atoms with Crippen LogP contribution in [0.25, 0.3) is 11.3 Å². The summed E-state index contributed by atoms with van der Waals surface area (Å²) in [6.07, 6.45) is 1.10. The number of aromatic hydroxyl groups is 1. The molecule has 2 aromatic rings. The van der Waals surface area contributed by atoms with Crippen LogP contribution in [0.2, 0.25) is 0 Å². The lowest BCUT2D eigenvalue weighted by Crippen LogP contribution is -1.91. The summed E-state index contributed by atoms with van der Waals surface area (Å²) in [5.41, 5.74) is 0.710. The van der Waals surface area contributed by atoms with Crippen molar-refractivity contribution in [3.8, 4) is 17.0 Å². The molecule has 0 atom stereocenters. The van der Waals surface area contributed by atoms with Gasteiger partial charge in [-0.2, -0.15) is 0 Å². The number of aromatic nitrogens is 1. The Labute approximate surface area is 105 Å². The van der Waals surface area contributed by atoms with Crippen molar-refractivity contribution in [3.63, 3.8) is 0 Å². The third-order valence-electron chi connectivity index (χ3n) is 2.11. The van der Waals surface area contributed by atoms with Crippen LogP contribution in [-0.4, -0.2) is 10.1 Å². The second-order valence-electron chi connectivity index (χ2n) is 3.23. The zero-order valence-corrected chi connectivity index (χ0v) is 10.2. The van der Waals surface area contributed by atoms with Crippen molar-refractivity contribution in [1.82, 2.24) is 4.98 Å². The number of pyridine rings is 1. The molecule has 0 saturated carbocycles. The van der Waals surface area contributed by atoms with Gasteiger partial charge in [0.25, 0.3) is 0 Å². The molecule has 1 N–H and O–H groups in total. The Hall–Kier alpha value is -2.23. The van der Waals surface area contributed by atoms with Crippen molar-refractivity contribution in [2.75, 3.05) is 0 Å². The minimum atomic E-state index is -0.464. The van der Waals surface area contributed by atoms with Gasteiger partial charge < -0.3 is 5.11 Å². The van der Waals surface area contributed by atoms with Crippen LogP contribution >= 0.6 is 0 Å². The fourth-order valence-electron chi connectivity index (χ4n) is 1.27. The molecule has 0 bridgehead atoms. The molecule has 4 heteroatoms. The molecule has 0 fully saturated rings. The summed E-state index contributed by atoms with van der Waals surface area (Å²) in [6, 6.07) is 8.41. The average Bonchev–Trinajstić information content (AvgIpc) is 2.57. The van der Waals surface area contributed by atoms with E-state index in [9.17, 15) is 14.3 Å². The summed E-state index contributed by atoms with van der Waals surface area (Å²) in [5, 5.41) is 9.20. The van der Waals surface area contributed by atoms with Gasteiger partial charge in [-0.3, -0.25) is 9.78 Å². The van der Waals surface area contributed by atoms with E-state index in [1.165, 1.54) is 30.3 Å². The summed E-state index contributed by atoms with van der Waals surface area (Å²) >= 11 is 0. The maximum Gasteiger partial charge on any atom is 0.220 e. The lowest BCUT2D eigenvalue weighted by molar-refractivity contribution is 0.471. The standard InChI is InChI=1S/C12H8FNO2.C2H6/c13-9-3-4-10(14-7-9)8-1-5-11(15)12(16)6-2-8;1-2/h1-7H,(H,15,16);1-2H3. The number of rotatable bonds is 1. The molecule has 94 valence electrons. The van der Waals surface area contributed by atoms with Gasteiger partial charge in [0.1, 0.15) is 5.82 Å². The van der Waals surface area contributed by atoms with Crippen LogP contribution in [0, 0.1) is 5.82 Å². The van der Waals surface area contributed by atoms with Gasteiger partial charge in [0, 0.05) is 5.56 Å². The Balaban J connectivity index is 0.000000771. The lowest BCUT2D eigenvalue weighted by Gasteiger charge is -1.96. The molecule has 0 unspecified atom stereocenters. The highest BCUT2D eigenvalue weighted by Gasteiger charge is 1.99. The zero-order chi connectivity index (χ0) is 13.5. The third-order valence-corrected chi connectivity index (χ3v) is 2.11. The predicted molar refractivity (Wildman–Crippen MR) is 68.9 cm³/mol. The fraction of sp³-hybridized carbons (Fsp3) is 0.143. The van der Waals surface area contributed by atoms with E-state index in [4.69, 9.17) is 0 Å². The minimum absolute atomic E-state index is 0.326. The first-order valence-electron chi connectivity index (χ1n) is 5.62. The molecule has 1 aromatic heterocycles. The predicted octanol–water partition coefficient (Wildman–Crippen LogP) is 2.98. The molecular formula is C14H14FNO2. The van der Waals surface area contributed by atoms with E-state index in [0.29, 0.717) is 11.3 Å². The normalized spacial score (nSPS) is 9.28. The quantitative estimate of drug-likeness (QED) is 0.842. The first-order chi connectivity index (χ1) is 8.66. The Bertz CT molecular complexity index is 568. The van der Waals surface area contributed by atoms with Crippen molar-refractivity contribution >= 4 is 0 Å². The van der Waals surface area contributed by atoms with Gasteiger partial charge in [0.05, 0.1) is 11.9 Å². The first kappa shape index (κ1) is 13.8. The van der Waals surface area contributed by atoms with Gasteiger partial charge in [-0.25, -0.2) is 4.39 Å². The largest absolute Gasteiger partial charge is 0.504 e. The molecule has 3 nitrogen and oxygen atoms in total. The van der Waals surface area contributed by atoms with E-state index in [0.717, 1.165) is 6.20 Å². The molecule has 1 heterocycles. The number of hydrogen-bond donors (Lipinski definition) is 1. The molecule has 0 amide bonds. The van der Waals surface area contributed by atoms with Crippen molar-refractivity contribution in [2.24, 2.45) is 0 Å². The van der Waals surface area contributed by atoms with Crippen LogP contribution in [0.5, 0.6) is 5.75 Å². The summed E-state index contributed by atoms with van der Waals surface area (Å²) in [5.74, 6) is -0.746. The van der Waals surface area contributed by atoms with E-state index in [1.807, 2.05) is 13.8 Å². The second kappa shape index (κ2) is 6.49. The molecular weight excluding hydrogens is 233 g/mol. The van der Waals surface area contributed by atoms with E-state index in [1.54, 1.807) is 6.07 Å². The monoisotopic (exact) mass is 247 g/mol. The molecule has 2 rings (SSSR count). The van der Waals surface area contributed by atoms with E-state index >= 15 is 0 Å². The summed E-state index contributed by atoms with van der Waals surface area (Å²) in [6.45, 7) is 4.00. The van der Waals surface area contributed by atoms with Crippen LogP contribution in [0.1, 0.15) is 13.8 Å². The molecule has 0 aliphatic rings. The van der Waals surface area contributed by atoms with Crippen LogP contribution in [0.3, 0.4) is 0 Å². The highest BCUT2D eigenvalue weighted by Crippen LogP contribution is 2.15. The third kappa shape index (κ3) is 3.38. The number of hydrogen-bond acceptors (Lipinski definition) is 3. The topological polar surface area (TPSA) is 50.2 Å². The highest BCUT2D eigenvalue weighted by molar-refractivity contribution is 5.58.